The maximum Gasteiger partial charge on any atom is 0.278 e. The number of aryl methyl sites for hydroxylation is 2. The monoisotopic (exact) mass is 530 g/mol. The Morgan fingerprint density at radius 2 is 1.82 bits per heavy atom. The predicted molar refractivity (Wildman–Crippen MR) is 149 cm³/mol. The fourth-order valence-electron chi connectivity index (χ4n) is 4.75. The molecule has 0 bridgehead atoms. The van der Waals surface area contributed by atoms with Crippen molar-refractivity contribution in [1.29, 1.82) is 0 Å². The Morgan fingerprint density at radius 1 is 1.05 bits per heavy atom. The third kappa shape index (κ3) is 5.50. The number of hydrogen-bond acceptors (Lipinski definition) is 8. The van der Waals surface area contributed by atoms with Gasteiger partial charge in [-0.05, 0) is 54.9 Å². The van der Waals surface area contributed by atoms with Crippen molar-refractivity contribution in [2.75, 3.05) is 44.3 Å². The fraction of sp³-hybridized carbons (Fsp3) is 0.321. The summed E-state index contributed by atoms with van der Waals surface area (Å²) in [5.41, 5.74) is 9.91. The number of likely N-dealkylation sites (N-methyl/N-ethyl adjacent to an activating group) is 1. The number of carbonyl (C=O) groups excluding carboxylic acids is 1. The van der Waals surface area contributed by atoms with Crippen LogP contribution in [0, 0.1) is 6.92 Å². The number of nitrogens with one attached hydrogen (secondary N) is 1. The van der Waals surface area contributed by atoms with Gasteiger partial charge in [-0.3, -0.25) is 19.1 Å². The lowest BCUT2D eigenvalue weighted by atomic mass is 10.0. The molecule has 5 rings (SSSR count). The number of anilines is 2. The summed E-state index contributed by atoms with van der Waals surface area (Å²) < 4.78 is 15.3. The minimum Gasteiger partial charge on any atom is -0.368 e. The van der Waals surface area contributed by atoms with Crippen molar-refractivity contribution < 1.29 is 9.18 Å². The van der Waals surface area contributed by atoms with Crippen LogP contribution in [-0.4, -0.2) is 68.5 Å². The van der Waals surface area contributed by atoms with Crippen LogP contribution in [0.2, 0.25) is 0 Å². The zero-order valence-electron chi connectivity index (χ0n) is 22.2. The van der Waals surface area contributed by atoms with E-state index in [0.717, 1.165) is 37.3 Å². The molecule has 3 heterocycles. The summed E-state index contributed by atoms with van der Waals surface area (Å²) >= 11 is 0. The SMILES string of the molecule is Cc1ccc(NC(=O)c2ccc(CN3CCN(C)CC3)c(CF)c2)cc1-c1nc2cnc(N)nc2n(C)c1=O. The summed E-state index contributed by atoms with van der Waals surface area (Å²) in [6.07, 6.45) is 1.47. The van der Waals surface area contributed by atoms with Gasteiger partial charge < -0.3 is 16.0 Å². The number of hydrogen-bond donors (Lipinski definition) is 2. The topological polar surface area (TPSA) is 122 Å². The van der Waals surface area contributed by atoms with Gasteiger partial charge in [0.2, 0.25) is 5.95 Å². The summed E-state index contributed by atoms with van der Waals surface area (Å²) in [5, 5.41) is 2.88. The number of nitrogens with two attached hydrogens (primary N) is 1. The first-order valence-corrected chi connectivity index (χ1v) is 12.7. The van der Waals surface area contributed by atoms with E-state index < -0.39 is 6.67 Å². The van der Waals surface area contributed by atoms with Crippen LogP contribution in [0.25, 0.3) is 22.4 Å². The molecule has 202 valence electrons. The zero-order valence-corrected chi connectivity index (χ0v) is 22.2. The Kier molecular flexibility index (Phi) is 7.36. The normalized spacial score (nSPS) is 14.6. The number of rotatable bonds is 6. The largest absolute Gasteiger partial charge is 0.368 e. The van der Waals surface area contributed by atoms with Gasteiger partial charge in [-0.25, -0.2) is 14.4 Å². The molecular weight excluding hydrogens is 499 g/mol. The first kappa shape index (κ1) is 26.4. The minimum atomic E-state index is -0.648. The molecule has 4 aromatic rings. The number of nitrogen functional groups attached to an aromatic ring is 1. The molecule has 1 saturated heterocycles. The van der Waals surface area contributed by atoms with E-state index in [1.807, 2.05) is 19.1 Å². The van der Waals surface area contributed by atoms with E-state index in [1.54, 1.807) is 31.3 Å². The molecule has 0 aliphatic carbocycles. The predicted octanol–water partition coefficient (Wildman–Crippen LogP) is 2.75. The highest BCUT2D eigenvalue weighted by Gasteiger charge is 2.18. The zero-order chi connectivity index (χ0) is 27.7. The third-order valence-corrected chi connectivity index (χ3v) is 7.18. The molecule has 0 unspecified atom stereocenters. The van der Waals surface area contributed by atoms with E-state index in [-0.39, 0.29) is 23.1 Å². The molecule has 3 N–H and O–H groups in total. The van der Waals surface area contributed by atoms with Gasteiger partial charge in [-0.15, -0.1) is 0 Å². The smallest absolute Gasteiger partial charge is 0.278 e. The first-order valence-electron chi connectivity index (χ1n) is 12.7. The van der Waals surface area contributed by atoms with Crippen LogP contribution in [0.3, 0.4) is 0 Å². The van der Waals surface area contributed by atoms with Gasteiger partial charge in [0.05, 0.1) is 6.20 Å². The second-order valence-electron chi connectivity index (χ2n) is 9.94. The van der Waals surface area contributed by atoms with Crippen LogP contribution in [0.1, 0.15) is 27.0 Å². The summed E-state index contributed by atoms with van der Waals surface area (Å²) in [6.45, 7) is 5.68. The quantitative estimate of drug-likeness (QED) is 0.390. The molecule has 0 saturated carbocycles. The molecule has 1 aliphatic heterocycles. The molecule has 1 aliphatic rings. The van der Waals surface area contributed by atoms with E-state index in [4.69, 9.17) is 5.73 Å². The van der Waals surface area contributed by atoms with E-state index in [0.29, 0.717) is 40.1 Å². The Morgan fingerprint density at radius 3 is 2.56 bits per heavy atom. The van der Waals surface area contributed by atoms with Crippen LogP contribution in [0.4, 0.5) is 16.0 Å². The maximum absolute atomic E-state index is 13.9. The van der Waals surface area contributed by atoms with Gasteiger partial charge in [0.1, 0.15) is 17.9 Å². The number of halogens is 1. The molecule has 39 heavy (non-hydrogen) atoms. The summed E-state index contributed by atoms with van der Waals surface area (Å²) in [4.78, 5) is 43.4. The molecule has 2 aromatic heterocycles. The van der Waals surface area contributed by atoms with Crippen LogP contribution >= 0.6 is 0 Å². The molecular formula is C28H31FN8O2. The Labute approximate surface area is 225 Å². The molecule has 1 amide bonds. The average Bonchev–Trinajstić information content (AvgIpc) is 2.93. The average molecular weight is 531 g/mol. The van der Waals surface area contributed by atoms with Crippen molar-refractivity contribution in [3.8, 4) is 11.3 Å². The number of amides is 1. The number of carbonyl (C=O) groups is 1. The lowest BCUT2D eigenvalue weighted by Gasteiger charge is -2.32. The third-order valence-electron chi connectivity index (χ3n) is 7.18. The van der Waals surface area contributed by atoms with Gasteiger partial charge in [-0.2, -0.15) is 4.98 Å². The molecule has 0 spiro atoms. The first-order chi connectivity index (χ1) is 18.7. The van der Waals surface area contributed by atoms with Crippen LogP contribution in [0.15, 0.2) is 47.4 Å². The van der Waals surface area contributed by atoms with Crippen molar-refractivity contribution in [3.63, 3.8) is 0 Å². The van der Waals surface area contributed by atoms with Crippen molar-refractivity contribution >= 4 is 28.7 Å². The highest BCUT2D eigenvalue weighted by molar-refractivity contribution is 6.04. The van der Waals surface area contributed by atoms with Gasteiger partial charge in [0, 0.05) is 56.6 Å². The van der Waals surface area contributed by atoms with E-state index in [9.17, 15) is 14.0 Å². The molecule has 0 atom stereocenters. The van der Waals surface area contributed by atoms with Crippen LogP contribution in [0.5, 0.6) is 0 Å². The van der Waals surface area contributed by atoms with Crippen molar-refractivity contribution in [1.82, 2.24) is 29.3 Å². The number of nitrogens with zero attached hydrogens (tertiary/aromatic N) is 6. The van der Waals surface area contributed by atoms with Crippen molar-refractivity contribution in [3.05, 3.63) is 75.2 Å². The second kappa shape index (κ2) is 10.9. The fourth-order valence-corrected chi connectivity index (χ4v) is 4.75. The molecule has 10 nitrogen and oxygen atoms in total. The lowest BCUT2D eigenvalue weighted by molar-refractivity contribution is 0.102. The highest BCUT2D eigenvalue weighted by Crippen LogP contribution is 2.25. The number of benzene rings is 2. The molecule has 1 fully saturated rings. The maximum atomic E-state index is 13.9. The number of fused-ring (bicyclic) bond motifs is 1. The Hall–Kier alpha value is -4.22. The van der Waals surface area contributed by atoms with E-state index in [1.165, 1.54) is 10.8 Å². The summed E-state index contributed by atoms with van der Waals surface area (Å²) in [6, 6.07) is 10.4. The lowest BCUT2D eigenvalue weighted by Crippen LogP contribution is -2.44. The van der Waals surface area contributed by atoms with Gasteiger partial charge in [-0.1, -0.05) is 12.1 Å². The Bertz CT molecular complexity index is 1610. The number of aromatic nitrogens is 4. The van der Waals surface area contributed by atoms with Gasteiger partial charge in [0.25, 0.3) is 11.5 Å². The number of piperazine rings is 1. The standard InChI is InChI=1S/C28H31FN8O2/c1-17-4-7-21(13-22(17)24-27(39)36(3)25-23(33-24)15-31-28(30)34-25)32-26(38)18-5-6-19(20(12-18)14-29)16-37-10-8-35(2)9-11-37/h4-7,12-13,15H,8-11,14,16H2,1-3H3,(H,32,38)(H2,30,31,34). The van der Waals surface area contributed by atoms with Crippen molar-refractivity contribution in [2.24, 2.45) is 7.05 Å². The minimum absolute atomic E-state index is 0.0521. The van der Waals surface area contributed by atoms with Gasteiger partial charge >= 0.3 is 0 Å². The van der Waals surface area contributed by atoms with Crippen LogP contribution < -0.4 is 16.6 Å². The summed E-state index contributed by atoms with van der Waals surface area (Å²) in [5.74, 6) is -0.315. The van der Waals surface area contributed by atoms with Gasteiger partial charge in [0.15, 0.2) is 5.65 Å². The Balaban J connectivity index is 1.39. The number of alkyl halides is 1. The molecule has 0 radical (unpaired) electrons. The van der Waals surface area contributed by atoms with E-state index >= 15 is 0 Å². The van der Waals surface area contributed by atoms with Crippen molar-refractivity contribution in [2.45, 2.75) is 20.1 Å². The highest BCUT2D eigenvalue weighted by atomic mass is 19.1. The molecule has 11 heteroatoms. The van der Waals surface area contributed by atoms with E-state index in [2.05, 4.69) is 37.1 Å². The second-order valence-corrected chi connectivity index (χ2v) is 9.94. The summed E-state index contributed by atoms with van der Waals surface area (Å²) in [7, 11) is 3.69. The van der Waals surface area contributed by atoms with Crippen LogP contribution in [-0.2, 0) is 20.3 Å². The molecule has 2 aromatic carbocycles.